The van der Waals surface area contributed by atoms with E-state index in [9.17, 15) is 14.4 Å². The van der Waals surface area contributed by atoms with E-state index >= 15 is 0 Å². The second kappa shape index (κ2) is 13.9. The van der Waals surface area contributed by atoms with Gasteiger partial charge < -0.3 is 30.7 Å². The molecule has 0 aliphatic carbocycles. The molecule has 1 unspecified atom stereocenters. The molecule has 0 saturated carbocycles. The van der Waals surface area contributed by atoms with Crippen LogP contribution in [0.2, 0.25) is 0 Å². The topological polar surface area (TPSA) is 147 Å². The molecule has 1 aliphatic heterocycles. The lowest BCUT2D eigenvalue weighted by Crippen LogP contribution is -2.49. The minimum atomic E-state index is -0.794. The molecule has 3 atom stereocenters. The summed E-state index contributed by atoms with van der Waals surface area (Å²) in [6, 6.07) is 25.8. The van der Waals surface area contributed by atoms with Crippen LogP contribution in [0.3, 0.4) is 0 Å². The summed E-state index contributed by atoms with van der Waals surface area (Å²) in [5.74, 6) is 0.704. The van der Waals surface area contributed by atoms with Crippen molar-refractivity contribution < 1.29 is 23.9 Å². The van der Waals surface area contributed by atoms with Gasteiger partial charge >= 0.3 is 0 Å². The van der Waals surface area contributed by atoms with Crippen LogP contribution in [0.1, 0.15) is 40.2 Å². The maximum Gasteiger partial charge on any atom is 0.251 e. The van der Waals surface area contributed by atoms with Crippen LogP contribution in [0.15, 0.2) is 96.4 Å². The second-order valence-electron chi connectivity index (χ2n) is 10.4. The summed E-state index contributed by atoms with van der Waals surface area (Å²) < 4.78 is 11.9. The van der Waals surface area contributed by atoms with Crippen molar-refractivity contribution in [2.45, 2.75) is 31.5 Å². The zero-order valence-corrected chi connectivity index (χ0v) is 24.9. The van der Waals surface area contributed by atoms with E-state index in [1.165, 1.54) is 16.2 Å². The smallest absolute Gasteiger partial charge is 0.251 e. The van der Waals surface area contributed by atoms with Gasteiger partial charge in [-0.15, -0.1) is 11.3 Å². The Kier molecular flexibility index (Phi) is 9.56. The Morgan fingerprint density at radius 3 is 2.23 bits per heavy atom. The maximum absolute atomic E-state index is 13.5. The minimum absolute atomic E-state index is 0.0435. The first-order valence-corrected chi connectivity index (χ1v) is 15.0. The normalized spacial score (nSPS) is 16.5. The first kappa shape index (κ1) is 30.3. The Morgan fingerprint density at radius 1 is 0.955 bits per heavy atom. The van der Waals surface area contributed by atoms with Crippen molar-refractivity contribution in [1.82, 2.24) is 15.5 Å². The highest BCUT2D eigenvalue weighted by Gasteiger charge is 2.41. The molecule has 1 aromatic heterocycles. The zero-order valence-electron chi connectivity index (χ0n) is 24.1. The van der Waals surface area contributed by atoms with Crippen LogP contribution in [0.25, 0.3) is 0 Å². The maximum atomic E-state index is 13.5. The molecule has 2 heterocycles. The molecular formula is C33H33N5O5S. The Bertz CT molecular complexity index is 1610. The number of nitrogens with zero attached hydrogens (tertiary/aromatic N) is 1. The van der Waals surface area contributed by atoms with Gasteiger partial charge in [0.1, 0.15) is 35.2 Å². The molecule has 3 amide bonds. The van der Waals surface area contributed by atoms with Gasteiger partial charge in [0.25, 0.3) is 5.91 Å². The Labute approximate surface area is 259 Å². The molecule has 1 aliphatic rings. The zero-order chi connectivity index (χ0) is 31.1. The summed E-state index contributed by atoms with van der Waals surface area (Å²) in [5, 5.41) is 15.1. The number of nitrogens with one attached hydrogen (secondary N) is 3. The van der Waals surface area contributed by atoms with Crippen LogP contribution in [-0.4, -0.2) is 53.7 Å². The number of carbonyl (C=O) groups is 3. The molecular weight excluding hydrogens is 578 g/mol. The van der Waals surface area contributed by atoms with Crippen molar-refractivity contribution in [1.29, 1.82) is 5.41 Å². The van der Waals surface area contributed by atoms with E-state index in [0.29, 0.717) is 34.8 Å². The first-order valence-electron chi connectivity index (χ1n) is 14.1. The number of nitrogen functional groups attached to an aromatic ring is 1. The van der Waals surface area contributed by atoms with E-state index in [1.54, 1.807) is 35.7 Å². The quantitative estimate of drug-likeness (QED) is 0.145. The van der Waals surface area contributed by atoms with E-state index in [1.807, 2.05) is 67.6 Å². The van der Waals surface area contributed by atoms with Crippen LogP contribution in [0.4, 0.5) is 0 Å². The van der Waals surface area contributed by atoms with Crippen LogP contribution in [-0.2, 0) is 9.59 Å². The molecule has 0 radical (unpaired) electrons. The van der Waals surface area contributed by atoms with Gasteiger partial charge in [0.05, 0.1) is 19.1 Å². The van der Waals surface area contributed by atoms with E-state index in [0.717, 1.165) is 4.88 Å². The molecule has 10 nitrogen and oxygen atoms in total. The van der Waals surface area contributed by atoms with Crippen molar-refractivity contribution in [3.05, 3.63) is 112 Å². The Balaban J connectivity index is 1.22. The van der Waals surface area contributed by atoms with E-state index in [-0.39, 0.29) is 30.9 Å². The third-order valence-electron chi connectivity index (χ3n) is 7.14. The van der Waals surface area contributed by atoms with Crippen molar-refractivity contribution in [2.75, 3.05) is 13.1 Å². The fraction of sp³-hybridized carbons (Fsp3) is 0.212. The summed E-state index contributed by atoms with van der Waals surface area (Å²) in [6.45, 7) is 1.74. The van der Waals surface area contributed by atoms with Crippen molar-refractivity contribution in [3.63, 3.8) is 0 Å². The molecule has 11 heteroatoms. The number of thiophene rings is 1. The molecule has 5 N–H and O–H groups in total. The highest BCUT2D eigenvalue weighted by Crippen LogP contribution is 2.26. The predicted octanol–water partition coefficient (Wildman–Crippen LogP) is 4.48. The monoisotopic (exact) mass is 611 g/mol. The van der Waals surface area contributed by atoms with Crippen LogP contribution >= 0.6 is 11.3 Å². The fourth-order valence-electron chi connectivity index (χ4n) is 4.86. The Hall–Kier alpha value is -5.16. The highest BCUT2D eigenvalue weighted by atomic mass is 32.1. The van der Waals surface area contributed by atoms with E-state index < -0.39 is 24.0 Å². The number of hydrogen-bond acceptors (Lipinski definition) is 7. The van der Waals surface area contributed by atoms with E-state index in [4.69, 9.17) is 20.6 Å². The van der Waals surface area contributed by atoms with Crippen molar-refractivity contribution in [2.24, 2.45) is 5.73 Å². The molecule has 4 aromatic rings. The molecule has 1 fully saturated rings. The first-order chi connectivity index (χ1) is 21.3. The number of ether oxygens (including phenoxy) is 2. The van der Waals surface area contributed by atoms with Crippen LogP contribution < -0.4 is 25.8 Å². The molecule has 1 saturated heterocycles. The molecule has 0 spiro atoms. The number of amides is 3. The summed E-state index contributed by atoms with van der Waals surface area (Å²) in [4.78, 5) is 42.0. The third-order valence-corrected chi connectivity index (χ3v) is 8.26. The average Bonchev–Trinajstić information content (AvgIpc) is 3.70. The summed E-state index contributed by atoms with van der Waals surface area (Å²) >= 11 is 1.39. The number of nitrogens with two attached hydrogens (primary N) is 1. The second-order valence-corrected chi connectivity index (χ2v) is 11.3. The SMILES string of the molecule is CC(NC(=O)[C@@H]1C[C@@H](Oc2ccccc2)CN1C(=O)CNC(=O)c1ccc(Oc2ccccc2)cc1)c1cc(C(=N)N)cs1. The highest BCUT2D eigenvalue weighted by molar-refractivity contribution is 7.10. The predicted molar refractivity (Wildman–Crippen MR) is 168 cm³/mol. The molecule has 0 bridgehead atoms. The summed E-state index contributed by atoms with van der Waals surface area (Å²) in [6.07, 6.45) is -0.120. The van der Waals surface area contributed by atoms with Gasteiger partial charge in [-0.2, -0.15) is 0 Å². The van der Waals surface area contributed by atoms with Gasteiger partial charge in [-0.25, -0.2) is 0 Å². The van der Waals surface area contributed by atoms with Crippen molar-refractivity contribution >= 4 is 34.9 Å². The van der Waals surface area contributed by atoms with Crippen LogP contribution in [0, 0.1) is 5.41 Å². The summed E-state index contributed by atoms with van der Waals surface area (Å²) in [5.41, 5.74) is 6.55. The number of benzene rings is 3. The minimum Gasteiger partial charge on any atom is -0.488 e. The van der Waals surface area contributed by atoms with Gasteiger partial charge in [0.2, 0.25) is 11.8 Å². The fourth-order valence-corrected chi connectivity index (χ4v) is 5.77. The van der Waals surface area contributed by atoms with Gasteiger partial charge in [-0.05, 0) is 61.5 Å². The van der Waals surface area contributed by atoms with E-state index in [2.05, 4.69) is 10.6 Å². The number of hydrogen-bond donors (Lipinski definition) is 4. The van der Waals surface area contributed by atoms with Gasteiger partial charge in [-0.1, -0.05) is 36.4 Å². The van der Waals surface area contributed by atoms with Gasteiger partial charge in [-0.3, -0.25) is 19.8 Å². The number of amidine groups is 1. The Morgan fingerprint density at radius 2 is 1.59 bits per heavy atom. The van der Waals surface area contributed by atoms with Gasteiger partial charge in [0.15, 0.2) is 0 Å². The molecule has 226 valence electrons. The lowest BCUT2D eigenvalue weighted by molar-refractivity contribution is -0.138. The van der Waals surface area contributed by atoms with Crippen LogP contribution in [0.5, 0.6) is 17.2 Å². The van der Waals surface area contributed by atoms with Gasteiger partial charge in [0, 0.05) is 27.8 Å². The number of rotatable bonds is 11. The third kappa shape index (κ3) is 7.61. The molecule has 3 aromatic carbocycles. The number of likely N-dealkylation sites (tertiary alicyclic amines) is 1. The van der Waals surface area contributed by atoms with Crippen molar-refractivity contribution in [3.8, 4) is 17.2 Å². The lowest BCUT2D eigenvalue weighted by atomic mass is 10.1. The standard InChI is InChI=1S/C33H33N5O5S/c1-21(29-16-23(20-44-29)31(34)35)37-33(41)28-17-27(43-25-10-6-3-7-11-25)19-38(28)30(39)18-36-32(40)22-12-14-26(15-13-22)42-24-8-4-2-5-9-24/h2-16,20-21,27-28H,17-19H2,1H3,(H3,34,35)(H,36,40)(H,37,41)/t21?,27-,28+/m1/s1. The number of carbonyl (C=O) groups excluding carboxylic acids is 3. The average molecular weight is 612 g/mol. The lowest BCUT2D eigenvalue weighted by Gasteiger charge is -2.25. The summed E-state index contributed by atoms with van der Waals surface area (Å²) in [7, 11) is 0. The molecule has 44 heavy (non-hydrogen) atoms. The molecule has 5 rings (SSSR count). The number of para-hydroxylation sites is 2. The largest absolute Gasteiger partial charge is 0.488 e.